The van der Waals surface area contributed by atoms with Gasteiger partial charge in [0.1, 0.15) is 0 Å². The highest BCUT2D eigenvalue weighted by molar-refractivity contribution is 5.34. The van der Waals surface area contributed by atoms with Crippen LogP contribution < -0.4 is 5.73 Å². The van der Waals surface area contributed by atoms with Gasteiger partial charge in [-0.25, -0.2) is 0 Å². The number of anilines is 1. The molecule has 1 fully saturated rings. The van der Waals surface area contributed by atoms with Crippen LogP contribution in [0.5, 0.6) is 0 Å². The van der Waals surface area contributed by atoms with Crippen LogP contribution in [-0.4, -0.2) is 28.5 Å². The van der Waals surface area contributed by atoms with Crippen LogP contribution >= 0.6 is 0 Å². The summed E-state index contributed by atoms with van der Waals surface area (Å²) in [4.78, 5) is 7.00. The maximum absolute atomic E-state index is 5.64. The summed E-state index contributed by atoms with van der Waals surface area (Å²) in [5.41, 5.74) is 7.53. The molecule has 3 heteroatoms. The van der Waals surface area contributed by atoms with Gasteiger partial charge >= 0.3 is 0 Å². The molecule has 1 aromatic rings. The third kappa shape index (κ3) is 2.97. The van der Waals surface area contributed by atoms with Crippen molar-refractivity contribution in [3.05, 3.63) is 24.0 Å². The number of pyridine rings is 1. The molecule has 0 amide bonds. The average Bonchev–Trinajstić information content (AvgIpc) is 2.69. The molecule has 0 aliphatic carbocycles. The van der Waals surface area contributed by atoms with Crippen molar-refractivity contribution in [2.75, 3.05) is 12.3 Å². The standard InChI is InChI=1S/C14H23N3/c1-3-14-7-4-11(2)17(14)9-8-13-6-5-12(15)10-16-13/h5-6,10-11,14H,3-4,7-9,15H2,1-2H3. The molecular formula is C14H23N3. The molecule has 1 aliphatic rings. The van der Waals surface area contributed by atoms with E-state index < -0.39 is 0 Å². The number of hydrogen-bond donors (Lipinski definition) is 1. The van der Waals surface area contributed by atoms with Crippen molar-refractivity contribution in [3.8, 4) is 0 Å². The van der Waals surface area contributed by atoms with Crippen molar-refractivity contribution in [3.63, 3.8) is 0 Å². The van der Waals surface area contributed by atoms with Crippen LogP contribution in [0.2, 0.25) is 0 Å². The Morgan fingerprint density at radius 2 is 2.24 bits per heavy atom. The predicted molar refractivity (Wildman–Crippen MR) is 71.8 cm³/mol. The smallest absolute Gasteiger partial charge is 0.0501 e. The summed E-state index contributed by atoms with van der Waals surface area (Å²) in [7, 11) is 0. The first-order valence-electron chi connectivity index (χ1n) is 6.67. The summed E-state index contributed by atoms with van der Waals surface area (Å²) in [5, 5.41) is 0. The Kier molecular flexibility index (Phi) is 4.00. The van der Waals surface area contributed by atoms with Gasteiger partial charge in [0.25, 0.3) is 0 Å². The van der Waals surface area contributed by atoms with Crippen LogP contribution in [0.3, 0.4) is 0 Å². The van der Waals surface area contributed by atoms with Crippen molar-refractivity contribution < 1.29 is 0 Å². The SMILES string of the molecule is CCC1CCC(C)N1CCc1ccc(N)cn1. The Morgan fingerprint density at radius 1 is 1.41 bits per heavy atom. The molecule has 0 aromatic carbocycles. The molecule has 17 heavy (non-hydrogen) atoms. The Balaban J connectivity index is 1.90. The zero-order valence-electron chi connectivity index (χ0n) is 10.9. The number of nitrogens with zero attached hydrogens (tertiary/aromatic N) is 2. The zero-order valence-corrected chi connectivity index (χ0v) is 10.9. The average molecular weight is 233 g/mol. The summed E-state index contributed by atoms with van der Waals surface area (Å²) in [6.45, 7) is 5.75. The predicted octanol–water partition coefficient (Wildman–Crippen LogP) is 2.47. The highest BCUT2D eigenvalue weighted by Gasteiger charge is 2.28. The first-order valence-corrected chi connectivity index (χ1v) is 6.67. The second kappa shape index (κ2) is 5.50. The van der Waals surface area contributed by atoms with Gasteiger partial charge in [0.15, 0.2) is 0 Å². The number of likely N-dealkylation sites (tertiary alicyclic amines) is 1. The first-order chi connectivity index (χ1) is 8.20. The molecule has 2 atom stereocenters. The molecule has 0 bridgehead atoms. The van der Waals surface area contributed by atoms with Crippen LogP contribution in [0.25, 0.3) is 0 Å². The van der Waals surface area contributed by atoms with E-state index in [1.165, 1.54) is 19.3 Å². The number of aromatic nitrogens is 1. The lowest BCUT2D eigenvalue weighted by Gasteiger charge is -2.27. The molecule has 2 unspecified atom stereocenters. The molecular weight excluding hydrogens is 210 g/mol. The first kappa shape index (κ1) is 12.4. The molecule has 94 valence electrons. The van der Waals surface area contributed by atoms with Gasteiger partial charge in [0, 0.05) is 30.7 Å². The van der Waals surface area contributed by atoms with E-state index in [9.17, 15) is 0 Å². The largest absolute Gasteiger partial charge is 0.397 e. The Hall–Kier alpha value is -1.09. The van der Waals surface area contributed by atoms with E-state index in [0.717, 1.165) is 36.4 Å². The molecule has 0 saturated carbocycles. The van der Waals surface area contributed by atoms with Crippen molar-refractivity contribution in [1.82, 2.24) is 9.88 Å². The molecule has 1 aromatic heterocycles. The Bertz CT molecular complexity index is 347. The maximum Gasteiger partial charge on any atom is 0.0501 e. The lowest BCUT2D eigenvalue weighted by Crippen LogP contribution is -2.35. The molecule has 0 spiro atoms. The topological polar surface area (TPSA) is 42.1 Å². The Labute approximate surface area is 104 Å². The van der Waals surface area contributed by atoms with Crippen LogP contribution in [0.1, 0.15) is 38.8 Å². The van der Waals surface area contributed by atoms with Crippen molar-refractivity contribution >= 4 is 5.69 Å². The van der Waals surface area contributed by atoms with E-state index in [-0.39, 0.29) is 0 Å². The summed E-state index contributed by atoms with van der Waals surface area (Å²) in [6, 6.07) is 5.48. The fourth-order valence-electron chi connectivity index (χ4n) is 2.79. The monoisotopic (exact) mass is 233 g/mol. The highest BCUT2D eigenvalue weighted by atomic mass is 15.2. The van der Waals surface area contributed by atoms with Gasteiger partial charge in [-0.15, -0.1) is 0 Å². The van der Waals surface area contributed by atoms with Crippen LogP contribution in [0.4, 0.5) is 5.69 Å². The minimum Gasteiger partial charge on any atom is -0.397 e. The molecule has 0 radical (unpaired) electrons. The van der Waals surface area contributed by atoms with E-state index in [1.807, 2.05) is 12.1 Å². The van der Waals surface area contributed by atoms with Gasteiger partial charge in [0.2, 0.25) is 0 Å². The highest BCUT2D eigenvalue weighted by Crippen LogP contribution is 2.25. The summed E-state index contributed by atoms with van der Waals surface area (Å²) in [5.74, 6) is 0. The lowest BCUT2D eigenvalue weighted by atomic mass is 10.1. The number of hydrogen-bond acceptors (Lipinski definition) is 3. The molecule has 2 heterocycles. The number of nitrogens with two attached hydrogens (primary N) is 1. The lowest BCUT2D eigenvalue weighted by molar-refractivity contribution is 0.200. The number of rotatable bonds is 4. The number of nitrogen functional groups attached to an aromatic ring is 1. The maximum atomic E-state index is 5.64. The fourth-order valence-corrected chi connectivity index (χ4v) is 2.79. The minimum atomic E-state index is 0.730. The fraction of sp³-hybridized carbons (Fsp3) is 0.643. The Morgan fingerprint density at radius 3 is 2.88 bits per heavy atom. The van der Waals surface area contributed by atoms with Gasteiger partial charge < -0.3 is 5.73 Å². The van der Waals surface area contributed by atoms with E-state index in [4.69, 9.17) is 5.73 Å². The third-order valence-corrected chi connectivity index (χ3v) is 3.90. The van der Waals surface area contributed by atoms with Crippen LogP contribution in [0, 0.1) is 0 Å². The minimum absolute atomic E-state index is 0.730. The molecule has 1 aliphatic heterocycles. The van der Waals surface area contributed by atoms with Gasteiger partial charge in [0.05, 0.1) is 11.9 Å². The molecule has 2 N–H and O–H groups in total. The third-order valence-electron chi connectivity index (χ3n) is 3.90. The normalized spacial score (nSPS) is 25.3. The van der Waals surface area contributed by atoms with Crippen molar-refractivity contribution in [2.24, 2.45) is 0 Å². The summed E-state index contributed by atoms with van der Waals surface area (Å²) in [6.07, 6.45) is 6.74. The van der Waals surface area contributed by atoms with Gasteiger partial charge in [-0.2, -0.15) is 0 Å². The van der Waals surface area contributed by atoms with Crippen molar-refractivity contribution in [1.29, 1.82) is 0 Å². The van der Waals surface area contributed by atoms with Gasteiger partial charge in [-0.05, 0) is 38.3 Å². The van der Waals surface area contributed by atoms with Gasteiger partial charge in [-0.3, -0.25) is 9.88 Å². The zero-order chi connectivity index (χ0) is 12.3. The second-order valence-electron chi connectivity index (χ2n) is 5.06. The van der Waals surface area contributed by atoms with Crippen LogP contribution in [0.15, 0.2) is 18.3 Å². The van der Waals surface area contributed by atoms with Gasteiger partial charge in [-0.1, -0.05) is 6.92 Å². The second-order valence-corrected chi connectivity index (χ2v) is 5.06. The van der Waals surface area contributed by atoms with Crippen LogP contribution in [-0.2, 0) is 6.42 Å². The van der Waals surface area contributed by atoms with E-state index >= 15 is 0 Å². The molecule has 2 rings (SSSR count). The molecule has 1 saturated heterocycles. The van der Waals surface area contributed by atoms with Crippen molar-refractivity contribution in [2.45, 2.75) is 51.6 Å². The molecule has 3 nitrogen and oxygen atoms in total. The van der Waals surface area contributed by atoms with E-state index in [0.29, 0.717) is 0 Å². The summed E-state index contributed by atoms with van der Waals surface area (Å²) < 4.78 is 0. The summed E-state index contributed by atoms with van der Waals surface area (Å²) >= 11 is 0. The van der Waals surface area contributed by atoms with E-state index in [1.54, 1.807) is 6.20 Å². The quantitative estimate of drug-likeness (QED) is 0.868. The van der Waals surface area contributed by atoms with E-state index in [2.05, 4.69) is 23.7 Å².